The van der Waals surface area contributed by atoms with Gasteiger partial charge >= 0.3 is 7.82 Å². The van der Waals surface area contributed by atoms with Crippen molar-refractivity contribution in [2.45, 2.75) is 37.7 Å². The van der Waals surface area contributed by atoms with E-state index in [1.54, 1.807) is 0 Å². The smallest absolute Gasteiger partial charge is 0.303 e. The molecule has 0 fully saturated rings. The van der Waals surface area contributed by atoms with Crippen molar-refractivity contribution in [2.24, 2.45) is 0 Å². The quantitative estimate of drug-likeness (QED) is 0.580. The van der Waals surface area contributed by atoms with Crippen molar-refractivity contribution in [1.29, 1.82) is 0 Å². The Bertz CT molecular complexity index is 280. The van der Waals surface area contributed by atoms with Gasteiger partial charge in [-0.3, -0.25) is 4.52 Å². The Morgan fingerprint density at radius 2 is 1.29 bits per heavy atom. The lowest BCUT2D eigenvalue weighted by molar-refractivity contribution is -0.150. The number of rotatable bonds is 6. The van der Waals surface area contributed by atoms with Gasteiger partial charge < -0.3 is 9.79 Å². The maximum Gasteiger partial charge on any atom is 0.470 e. The van der Waals surface area contributed by atoms with Crippen LogP contribution in [0.1, 0.15) is 6.92 Å². The third kappa shape index (κ3) is 4.46. The summed E-state index contributed by atoms with van der Waals surface area (Å²) in [5.41, 5.74) is -3.65. The molecule has 0 spiro atoms. The Morgan fingerprint density at radius 3 is 1.47 bits per heavy atom. The van der Waals surface area contributed by atoms with Crippen LogP contribution in [0.25, 0.3) is 0 Å². The van der Waals surface area contributed by atoms with Gasteiger partial charge in [0.1, 0.15) is 0 Å². The van der Waals surface area contributed by atoms with E-state index in [1.165, 1.54) is 0 Å². The fourth-order valence-electron chi connectivity index (χ4n) is 1.01. The molecule has 0 saturated heterocycles. The molecule has 0 bridgehead atoms. The molecule has 0 rings (SSSR count). The van der Waals surface area contributed by atoms with Gasteiger partial charge in [0.05, 0.1) is 0 Å². The number of hydrogen-bond acceptors (Lipinski definition) is 2. The van der Waals surface area contributed by atoms with Crippen LogP contribution < -0.4 is 0 Å². The van der Waals surface area contributed by atoms with E-state index in [1.807, 2.05) is 0 Å². The third-order valence-electron chi connectivity index (χ3n) is 1.85. The van der Waals surface area contributed by atoms with Gasteiger partial charge in [-0.15, -0.1) is 0 Å². The van der Waals surface area contributed by atoms with Crippen LogP contribution >= 0.6 is 7.82 Å². The Labute approximate surface area is 91.8 Å². The third-order valence-corrected chi connectivity index (χ3v) is 2.48. The molecule has 2 unspecified atom stereocenters. The first-order chi connectivity index (χ1) is 7.42. The van der Waals surface area contributed by atoms with Crippen molar-refractivity contribution in [3.05, 3.63) is 0 Å². The van der Waals surface area contributed by atoms with Crippen LogP contribution in [0.2, 0.25) is 0 Å². The lowest BCUT2D eigenvalue weighted by Crippen LogP contribution is -2.53. The molecule has 2 atom stereocenters. The van der Waals surface area contributed by atoms with Gasteiger partial charge in [-0.25, -0.2) is 30.9 Å². The van der Waals surface area contributed by atoms with Crippen molar-refractivity contribution >= 4 is 7.82 Å². The lowest BCUT2D eigenvalue weighted by atomic mass is 9.95. The number of halogens is 6. The van der Waals surface area contributed by atoms with Crippen molar-refractivity contribution in [3.8, 4) is 0 Å². The summed E-state index contributed by atoms with van der Waals surface area (Å²) in [6.07, 6.45) is -15.1. The number of phosphoric acid groups is 1. The summed E-state index contributed by atoms with van der Waals surface area (Å²) in [6, 6.07) is 0. The number of alkyl halides is 6. The highest BCUT2D eigenvalue weighted by atomic mass is 31.2. The summed E-state index contributed by atoms with van der Waals surface area (Å²) in [5, 5.41) is 0. The molecule has 0 aromatic heterocycles. The zero-order valence-corrected chi connectivity index (χ0v) is 9.13. The molecule has 17 heavy (non-hydrogen) atoms. The van der Waals surface area contributed by atoms with Gasteiger partial charge in [0.2, 0.25) is 0 Å². The van der Waals surface area contributed by atoms with E-state index < -0.39 is 38.6 Å². The summed E-state index contributed by atoms with van der Waals surface area (Å²) < 4.78 is 87.6. The van der Waals surface area contributed by atoms with E-state index in [4.69, 9.17) is 9.79 Å². The molecule has 104 valence electrons. The fourth-order valence-corrected chi connectivity index (χ4v) is 1.72. The van der Waals surface area contributed by atoms with Gasteiger partial charge in [-0.2, -0.15) is 0 Å². The molecule has 0 aliphatic carbocycles. The SMILES string of the molecule is CC(OP(=O)(O)O)(C(F)C(F)F)C(F)C(F)F. The monoisotopic (exact) mass is 290 g/mol. The molecular formula is C6H9F6O4P. The van der Waals surface area contributed by atoms with E-state index in [2.05, 4.69) is 4.52 Å². The van der Waals surface area contributed by atoms with Crippen LogP contribution in [0.4, 0.5) is 26.3 Å². The largest absolute Gasteiger partial charge is 0.470 e. The molecule has 4 nitrogen and oxygen atoms in total. The van der Waals surface area contributed by atoms with Crippen molar-refractivity contribution in [3.63, 3.8) is 0 Å². The van der Waals surface area contributed by atoms with E-state index in [9.17, 15) is 30.9 Å². The highest BCUT2D eigenvalue weighted by molar-refractivity contribution is 7.46. The summed E-state index contributed by atoms with van der Waals surface area (Å²) in [6.45, 7) is 0.0970. The zero-order valence-electron chi connectivity index (χ0n) is 8.24. The molecular weight excluding hydrogens is 281 g/mol. The number of phosphoric ester groups is 1. The van der Waals surface area contributed by atoms with E-state index in [0.29, 0.717) is 0 Å². The highest BCUT2D eigenvalue weighted by Gasteiger charge is 2.55. The second kappa shape index (κ2) is 5.55. The molecule has 0 aliphatic rings. The first kappa shape index (κ1) is 16.7. The van der Waals surface area contributed by atoms with Crippen LogP contribution in [0, 0.1) is 0 Å². The van der Waals surface area contributed by atoms with Crippen molar-refractivity contribution in [2.75, 3.05) is 0 Å². The van der Waals surface area contributed by atoms with Crippen LogP contribution in [0.15, 0.2) is 0 Å². The Morgan fingerprint density at radius 1 is 1.00 bits per heavy atom. The highest BCUT2D eigenvalue weighted by Crippen LogP contribution is 2.47. The molecule has 0 aliphatic heterocycles. The first-order valence-corrected chi connectivity index (χ1v) is 5.55. The predicted molar refractivity (Wildman–Crippen MR) is 43.3 cm³/mol. The summed E-state index contributed by atoms with van der Waals surface area (Å²) in [4.78, 5) is 16.6. The maximum atomic E-state index is 12.9. The van der Waals surface area contributed by atoms with Crippen LogP contribution in [-0.2, 0) is 9.09 Å². The Hall–Kier alpha value is -0.310. The van der Waals surface area contributed by atoms with Crippen molar-refractivity contribution < 1.29 is 45.2 Å². The average molecular weight is 290 g/mol. The molecule has 0 saturated carbocycles. The van der Waals surface area contributed by atoms with E-state index in [-0.39, 0.29) is 6.92 Å². The van der Waals surface area contributed by atoms with E-state index in [0.717, 1.165) is 0 Å². The standard InChI is InChI=1S/C6H9F6O4P/c1-6(2(7)4(9)10,3(8)5(11)12)16-17(13,14)15/h2-5H,1H3,(H2,13,14,15). The maximum absolute atomic E-state index is 12.9. The Balaban J connectivity index is 5.28. The summed E-state index contributed by atoms with van der Waals surface area (Å²) in [5.74, 6) is 0. The zero-order chi connectivity index (χ0) is 14.0. The van der Waals surface area contributed by atoms with Gasteiger partial charge in [-0.1, -0.05) is 0 Å². The predicted octanol–water partition coefficient (Wildman–Crippen LogP) is 2.06. The fraction of sp³-hybridized carbons (Fsp3) is 1.00. The molecule has 0 aromatic rings. The molecule has 0 radical (unpaired) electrons. The van der Waals surface area contributed by atoms with Crippen LogP contribution in [0.5, 0.6) is 0 Å². The van der Waals surface area contributed by atoms with Gasteiger partial charge in [0.25, 0.3) is 12.9 Å². The Kier molecular flexibility index (Phi) is 5.45. The second-order valence-electron chi connectivity index (χ2n) is 3.24. The van der Waals surface area contributed by atoms with Crippen LogP contribution in [-0.4, -0.2) is 40.6 Å². The molecule has 11 heteroatoms. The summed E-state index contributed by atoms with van der Waals surface area (Å²) >= 11 is 0. The number of hydrogen-bond donors (Lipinski definition) is 2. The van der Waals surface area contributed by atoms with Gasteiger partial charge in [0.15, 0.2) is 17.9 Å². The van der Waals surface area contributed by atoms with Gasteiger partial charge in [0, 0.05) is 0 Å². The normalized spacial score (nSPS) is 20.4. The van der Waals surface area contributed by atoms with E-state index >= 15 is 0 Å². The minimum Gasteiger partial charge on any atom is -0.303 e. The second-order valence-corrected chi connectivity index (χ2v) is 4.40. The average Bonchev–Trinajstić information content (AvgIpc) is 2.12. The molecule has 2 N–H and O–H groups in total. The lowest BCUT2D eigenvalue weighted by Gasteiger charge is -2.34. The molecule has 0 heterocycles. The van der Waals surface area contributed by atoms with Crippen molar-refractivity contribution in [1.82, 2.24) is 0 Å². The minimum atomic E-state index is -5.62. The molecule has 0 amide bonds. The minimum absolute atomic E-state index is 0.0970. The first-order valence-electron chi connectivity index (χ1n) is 4.02. The topological polar surface area (TPSA) is 66.8 Å². The van der Waals surface area contributed by atoms with Gasteiger partial charge in [-0.05, 0) is 6.92 Å². The summed E-state index contributed by atoms with van der Waals surface area (Å²) in [7, 11) is -5.62. The molecule has 0 aromatic carbocycles. The van der Waals surface area contributed by atoms with Crippen LogP contribution in [0.3, 0.4) is 0 Å².